The van der Waals surface area contributed by atoms with Gasteiger partial charge in [-0.15, -0.1) is 0 Å². The highest BCUT2D eigenvalue weighted by molar-refractivity contribution is 5.95. The monoisotopic (exact) mass is 190 g/mol. The van der Waals surface area contributed by atoms with E-state index in [2.05, 4.69) is 0 Å². The Kier molecular flexibility index (Phi) is 4.09. The molecule has 1 unspecified atom stereocenters. The van der Waals surface area contributed by atoms with E-state index in [0.717, 1.165) is 0 Å². The maximum Gasteiger partial charge on any atom is 0.332 e. The van der Waals surface area contributed by atoms with Crippen LogP contribution in [0.1, 0.15) is 6.92 Å². The third-order valence-electron chi connectivity index (χ3n) is 1.46. The Morgan fingerprint density at radius 3 is 1.92 bits per heavy atom. The Bertz CT molecular complexity index is 241. The van der Waals surface area contributed by atoms with Crippen molar-refractivity contribution in [3.8, 4) is 0 Å². The SMILES string of the molecule is CC(/C(=C/C(=O)O)C(=O)O)C(O)O. The summed E-state index contributed by atoms with van der Waals surface area (Å²) in [6.07, 6.45) is -1.45. The highest BCUT2D eigenvalue weighted by Gasteiger charge is 2.22. The third kappa shape index (κ3) is 3.68. The molecule has 0 aliphatic heterocycles. The second kappa shape index (κ2) is 4.58. The molecule has 0 aromatic heterocycles. The summed E-state index contributed by atoms with van der Waals surface area (Å²) in [7, 11) is 0. The zero-order valence-electron chi connectivity index (χ0n) is 6.84. The van der Waals surface area contributed by atoms with Crippen LogP contribution < -0.4 is 0 Å². The van der Waals surface area contributed by atoms with Crippen LogP contribution in [0.3, 0.4) is 0 Å². The maximum absolute atomic E-state index is 10.4. The van der Waals surface area contributed by atoms with Crippen molar-refractivity contribution in [1.29, 1.82) is 0 Å². The van der Waals surface area contributed by atoms with Gasteiger partial charge in [0.2, 0.25) is 0 Å². The van der Waals surface area contributed by atoms with Crippen molar-refractivity contribution < 1.29 is 30.0 Å². The molecule has 0 aromatic carbocycles. The first-order chi connectivity index (χ1) is 5.86. The molecule has 0 radical (unpaired) electrons. The van der Waals surface area contributed by atoms with Crippen molar-refractivity contribution in [2.24, 2.45) is 5.92 Å². The molecular weight excluding hydrogens is 180 g/mol. The summed E-state index contributed by atoms with van der Waals surface area (Å²) in [6.45, 7) is 1.20. The first kappa shape index (κ1) is 11.6. The van der Waals surface area contributed by atoms with E-state index in [-0.39, 0.29) is 0 Å². The zero-order chi connectivity index (χ0) is 10.6. The summed E-state index contributed by atoms with van der Waals surface area (Å²) in [5, 5.41) is 34.0. The molecule has 4 N–H and O–H groups in total. The Morgan fingerprint density at radius 2 is 1.69 bits per heavy atom. The van der Waals surface area contributed by atoms with Crippen LogP contribution in [0.25, 0.3) is 0 Å². The van der Waals surface area contributed by atoms with E-state index in [4.69, 9.17) is 20.4 Å². The lowest BCUT2D eigenvalue weighted by Crippen LogP contribution is -2.23. The van der Waals surface area contributed by atoms with E-state index in [0.29, 0.717) is 6.08 Å². The lowest BCUT2D eigenvalue weighted by molar-refractivity contribution is -0.137. The first-order valence-corrected chi connectivity index (χ1v) is 3.40. The van der Waals surface area contributed by atoms with Gasteiger partial charge >= 0.3 is 11.9 Å². The van der Waals surface area contributed by atoms with Gasteiger partial charge in [-0.2, -0.15) is 0 Å². The number of carboxylic acid groups (broad SMARTS) is 2. The summed E-state index contributed by atoms with van der Waals surface area (Å²) in [5.74, 6) is -4.07. The second-order valence-electron chi connectivity index (χ2n) is 2.45. The number of rotatable bonds is 4. The van der Waals surface area contributed by atoms with Crippen LogP contribution in [0.4, 0.5) is 0 Å². The van der Waals surface area contributed by atoms with E-state index >= 15 is 0 Å². The van der Waals surface area contributed by atoms with E-state index in [1.54, 1.807) is 0 Å². The molecular formula is C7H10O6. The summed E-state index contributed by atoms with van der Waals surface area (Å²) in [4.78, 5) is 20.6. The Morgan fingerprint density at radius 1 is 1.23 bits per heavy atom. The lowest BCUT2D eigenvalue weighted by atomic mass is 10.0. The molecule has 0 spiro atoms. The molecule has 0 saturated carbocycles. The van der Waals surface area contributed by atoms with E-state index in [1.165, 1.54) is 6.92 Å². The summed E-state index contributed by atoms with van der Waals surface area (Å²) in [6, 6.07) is 0. The molecule has 74 valence electrons. The number of aliphatic carboxylic acids is 2. The second-order valence-corrected chi connectivity index (χ2v) is 2.45. The van der Waals surface area contributed by atoms with Gasteiger partial charge in [0.1, 0.15) is 0 Å². The van der Waals surface area contributed by atoms with E-state index in [1.807, 2.05) is 0 Å². The lowest BCUT2D eigenvalue weighted by Gasteiger charge is -2.13. The highest BCUT2D eigenvalue weighted by Crippen LogP contribution is 2.13. The number of carboxylic acids is 2. The number of hydrogen-bond acceptors (Lipinski definition) is 4. The van der Waals surface area contributed by atoms with Gasteiger partial charge in [0.25, 0.3) is 0 Å². The molecule has 6 heteroatoms. The highest BCUT2D eigenvalue weighted by atomic mass is 16.5. The molecule has 0 bridgehead atoms. The number of hydrogen-bond donors (Lipinski definition) is 4. The minimum absolute atomic E-state index is 0.437. The molecule has 0 fully saturated rings. The van der Waals surface area contributed by atoms with Crippen LogP contribution in [0.2, 0.25) is 0 Å². The summed E-state index contributed by atoms with van der Waals surface area (Å²) >= 11 is 0. The normalized spacial score (nSPS) is 14.3. The van der Waals surface area contributed by atoms with Gasteiger partial charge in [0.05, 0.1) is 5.57 Å². The van der Waals surface area contributed by atoms with Gasteiger partial charge in [-0.05, 0) is 0 Å². The van der Waals surface area contributed by atoms with Gasteiger partial charge in [-0.1, -0.05) is 6.92 Å². The first-order valence-electron chi connectivity index (χ1n) is 3.40. The average Bonchev–Trinajstić information content (AvgIpc) is 1.97. The zero-order valence-corrected chi connectivity index (χ0v) is 6.84. The minimum Gasteiger partial charge on any atom is -0.478 e. The Hall–Kier alpha value is -1.40. The number of aliphatic hydroxyl groups is 2. The van der Waals surface area contributed by atoms with Crippen molar-refractivity contribution in [3.05, 3.63) is 11.6 Å². The maximum atomic E-state index is 10.4. The van der Waals surface area contributed by atoms with Crippen LogP contribution in [0.5, 0.6) is 0 Å². The standard InChI is InChI=1S/C7H10O6/c1-3(6(10)11)4(7(12)13)2-5(8)9/h2-3,6,10-11H,1H3,(H,8,9)(H,12,13)/b4-2-. The van der Waals surface area contributed by atoms with Crippen molar-refractivity contribution in [3.63, 3.8) is 0 Å². The van der Waals surface area contributed by atoms with Crippen molar-refractivity contribution in [1.82, 2.24) is 0 Å². The number of aliphatic hydroxyl groups excluding tert-OH is 1. The van der Waals surface area contributed by atoms with Gasteiger partial charge in [0, 0.05) is 12.0 Å². The molecule has 1 atom stereocenters. The topological polar surface area (TPSA) is 115 Å². The van der Waals surface area contributed by atoms with Crippen LogP contribution in [0, 0.1) is 5.92 Å². The van der Waals surface area contributed by atoms with Crippen LogP contribution in [-0.4, -0.2) is 38.7 Å². The fraction of sp³-hybridized carbons (Fsp3) is 0.429. The van der Waals surface area contributed by atoms with Crippen LogP contribution >= 0.6 is 0 Å². The third-order valence-corrected chi connectivity index (χ3v) is 1.46. The predicted molar refractivity (Wildman–Crippen MR) is 40.7 cm³/mol. The smallest absolute Gasteiger partial charge is 0.332 e. The molecule has 0 amide bonds. The molecule has 13 heavy (non-hydrogen) atoms. The van der Waals surface area contributed by atoms with Crippen LogP contribution in [-0.2, 0) is 9.59 Å². The molecule has 0 aliphatic rings. The predicted octanol–water partition coefficient (Wildman–Crippen LogP) is -0.971. The summed E-state index contributed by atoms with van der Waals surface area (Å²) in [5.41, 5.74) is -0.553. The molecule has 6 nitrogen and oxygen atoms in total. The largest absolute Gasteiger partial charge is 0.478 e. The van der Waals surface area contributed by atoms with Gasteiger partial charge < -0.3 is 20.4 Å². The Balaban J connectivity index is 4.82. The quantitative estimate of drug-likeness (QED) is 0.335. The van der Waals surface area contributed by atoms with Crippen molar-refractivity contribution >= 4 is 11.9 Å². The molecule has 0 aromatic rings. The van der Waals surface area contributed by atoms with Gasteiger partial charge in [-0.25, -0.2) is 9.59 Å². The fourth-order valence-electron chi connectivity index (χ4n) is 0.682. The molecule has 0 saturated heterocycles. The summed E-state index contributed by atoms with van der Waals surface area (Å²) < 4.78 is 0. The molecule has 0 rings (SSSR count). The fourth-order valence-corrected chi connectivity index (χ4v) is 0.682. The average molecular weight is 190 g/mol. The van der Waals surface area contributed by atoms with Crippen molar-refractivity contribution in [2.45, 2.75) is 13.2 Å². The van der Waals surface area contributed by atoms with E-state index in [9.17, 15) is 9.59 Å². The Labute approximate surface area is 73.7 Å². The molecule has 0 aliphatic carbocycles. The van der Waals surface area contributed by atoms with Gasteiger partial charge in [-0.3, -0.25) is 0 Å². The molecule has 0 heterocycles. The van der Waals surface area contributed by atoms with Crippen LogP contribution in [0.15, 0.2) is 11.6 Å². The number of carbonyl (C=O) groups is 2. The minimum atomic E-state index is -1.89. The van der Waals surface area contributed by atoms with E-state index < -0.39 is 29.7 Å². The van der Waals surface area contributed by atoms with Crippen molar-refractivity contribution in [2.75, 3.05) is 0 Å². The van der Waals surface area contributed by atoms with Gasteiger partial charge in [0.15, 0.2) is 6.29 Å².